The van der Waals surface area contributed by atoms with Crippen LogP contribution in [0.1, 0.15) is 21.9 Å². The molecule has 13 heteroatoms. The first-order valence-corrected chi connectivity index (χ1v) is 10.7. The third-order valence-electron chi connectivity index (χ3n) is 4.80. The van der Waals surface area contributed by atoms with Crippen LogP contribution >= 0.6 is 0 Å². The second-order valence-electron chi connectivity index (χ2n) is 7.44. The highest BCUT2D eigenvalue weighted by molar-refractivity contribution is 5.93. The molecule has 1 aliphatic heterocycles. The monoisotopic (exact) mass is 473 g/mol. The molecule has 1 amide bonds. The van der Waals surface area contributed by atoms with Crippen molar-refractivity contribution in [2.75, 3.05) is 33.0 Å². The third kappa shape index (κ3) is 6.07. The van der Waals surface area contributed by atoms with E-state index in [2.05, 4.69) is 30.7 Å². The second kappa shape index (κ2) is 11.0. The Kier molecular flexibility index (Phi) is 7.67. The van der Waals surface area contributed by atoms with Gasteiger partial charge >= 0.3 is 0 Å². The number of nitrogens with zero attached hydrogens (tertiary/aromatic N) is 6. The SMILES string of the molecule is Cc1nc(C(=O)NCc2ccc(F)c(OCCO)c2)cc(-c2nnn(CC3COCCO3)n2)n1. The van der Waals surface area contributed by atoms with Gasteiger partial charge in [0.25, 0.3) is 5.91 Å². The zero-order valence-corrected chi connectivity index (χ0v) is 18.5. The lowest BCUT2D eigenvalue weighted by atomic mass is 10.2. The molecular weight excluding hydrogens is 449 g/mol. The van der Waals surface area contributed by atoms with Gasteiger partial charge in [-0.1, -0.05) is 6.07 Å². The molecule has 0 radical (unpaired) electrons. The average molecular weight is 473 g/mol. The molecule has 2 N–H and O–H groups in total. The van der Waals surface area contributed by atoms with Crippen molar-refractivity contribution in [3.63, 3.8) is 0 Å². The molecule has 2 aromatic heterocycles. The lowest BCUT2D eigenvalue weighted by Gasteiger charge is -2.21. The van der Waals surface area contributed by atoms with E-state index in [0.29, 0.717) is 43.4 Å². The number of ether oxygens (including phenoxy) is 3. The first-order valence-electron chi connectivity index (χ1n) is 10.7. The summed E-state index contributed by atoms with van der Waals surface area (Å²) in [5.41, 5.74) is 1.10. The van der Waals surface area contributed by atoms with E-state index in [1.165, 1.54) is 29.1 Å². The molecule has 1 atom stereocenters. The fourth-order valence-electron chi connectivity index (χ4n) is 3.24. The molecule has 1 aromatic carbocycles. The molecule has 0 saturated carbocycles. The van der Waals surface area contributed by atoms with Crippen molar-refractivity contribution in [1.29, 1.82) is 0 Å². The molecule has 1 unspecified atom stereocenters. The molecular formula is C21H24FN7O5. The van der Waals surface area contributed by atoms with Gasteiger partial charge in [0.2, 0.25) is 5.82 Å². The number of amides is 1. The standard InChI is InChI=1S/C21H24FN7O5/c1-13-24-17(20-26-28-29(27-20)11-15-12-32-6-7-33-15)9-18(25-13)21(31)23-10-14-2-3-16(22)19(8-14)34-5-4-30/h2-3,8-9,15,30H,4-7,10-12H2,1H3,(H,23,31). The number of halogens is 1. The van der Waals surface area contributed by atoms with Gasteiger partial charge in [-0.05, 0) is 35.9 Å². The van der Waals surface area contributed by atoms with Crippen LogP contribution in [0, 0.1) is 12.7 Å². The van der Waals surface area contributed by atoms with E-state index >= 15 is 0 Å². The summed E-state index contributed by atoms with van der Waals surface area (Å²) < 4.78 is 29.9. The summed E-state index contributed by atoms with van der Waals surface area (Å²) in [5, 5.41) is 24.0. The van der Waals surface area contributed by atoms with E-state index in [0.717, 1.165) is 0 Å². The number of nitrogens with one attached hydrogen (secondary N) is 1. The first-order chi connectivity index (χ1) is 16.5. The molecule has 3 aromatic rings. The lowest BCUT2D eigenvalue weighted by molar-refractivity contribution is -0.0959. The van der Waals surface area contributed by atoms with Crippen molar-refractivity contribution in [2.24, 2.45) is 0 Å². The molecule has 3 heterocycles. The minimum atomic E-state index is -0.553. The fraction of sp³-hybridized carbons (Fsp3) is 0.429. The molecule has 0 spiro atoms. The zero-order chi connectivity index (χ0) is 23.9. The predicted octanol–water partition coefficient (Wildman–Crippen LogP) is 0.294. The normalized spacial score (nSPS) is 15.8. The minimum absolute atomic E-state index is 0.000292. The van der Waals surface area contributed by atoms with Crippen LogP contribution in [0.3, 0.4) is 0 Å². The summed E-state index contributed by atoms with van der Waals surface area (Å²) in [4.78, 5) is 22.6. The van der Waals surface area contributed by atoms with Gasteiger partial charge in [0, 0.05) is 6.54 Å². The number of carbonyl (C=O) groups excluding carboxylic acids is 1. The number of hydrogen-bond donors (Lipinski definition) is 2. The second-order valence-corrected chi connectivity index (χ2v) is 7.44. The number of aromatic nitrogens is 6. The van der Waals surface area contributed by atoms with Crippen molar-refractivity contribution in [1.82, 2.24) is 35.5 Å². The summed E-state index contributed by atoms with van der Waals surface area (Å²) >= 11 is 0. The zero-order valence-electron chi connectivity index (χ0n) is 18.5. The van der Waals surface area contributed by atoms with Gasteiger partial charge in [-0.25, -0.2) is 14.4 Å². The van der Waals surface area contributed by atoms with E-state index in [-0.39, 0.29) is 43.1 Å². The molecule has 0 bridgehead atoms. The van der Waals surface area contributed by atoms with Gasteiger partial charge in [-0.2, -0.15) is 4.80 Å². The first kappa shape index (κ1) is 23.6. The number of aryl methyl sites for hydroxylation is 1. The molecule has 0 aliphatic carbocycles. The lowest BCUT2D eigenvalue weighted by Crippen LogP contribution is -2.33. The largest absolute Gasteiger partial charge is 0.488 e. The smallest absolute Gasteiger partial charge is 0.270 e. The highest BCUT2D eigenvalue weighted by atomic mass is 19.1. The Morgan fingerprint density at radius 3 is 3.00 bits per heavy atom. The highest BCUT2D eigenvalue weighted by Crippen LogP contribution is 2.19. The van der Waals surface area contributed by atoms with Crippen LogP contribution in [-0.4, -0.2) is 80.3 Å². The summed E-state index contributed by atoms with van der Waals surface area (Å²) in [7, 11) is 0. The molecule has 12 nitrogen and oxygen atoms in total. The van der Waals surface area contributed by atoms with Crippen molar-refractivity contribution >= 4 is 5.91 Å². The number of carbonyl (C=O) groups is 1. The van der Waals surface area contributed by atoms with Crippen LogP contribution in [-0.2, 0) is 22.6 Å². The Hall–Kier alpha value is -3.55. The van der Waals surface area contributed by atoms with Crippen LogP contribution in [0.5, 0.6) is 5.75 Å². The number of benzene rings is 1. The van der Waals surface area contributed by atoms with Gasteiger partial charge in [-0.3, -0.25) is 4.79 Å². The Bertz CT molecular complexity index is 1140. The quantitative estimate of drug-likeness (QED) is 0.445. The van der Waals surface area contributed by atoms with E-state index in [4.69, 9.17) is 19.3 Å². The number of hydrogen-bond acceptors (Lipinski definition) is 10. The van der Waals surface area contributed by atoms with Gasteiger partial charge < -0.3 is 24.6 Å². The summed E-state index contributed by atoms with van der Waals surface area (Å²) in [6.07, 6.45) is -0.162. The van der Waals surface area contributed by atoms with Crippen molar-refractivity contribution in [3.05, 3.63) is 47.2 Å². The Morgan fingerprint density at radius 1 is 1.32 bits per heavy atom. The topological polar surface area (TPSA) is 146 Å². The number of tetrazole rings is 1. The predicted molar refractivity (Wildman–Crippen MR) is 114 cm³/mol. The maximum atomic E-state index is 13.8. The van der Waals surface area contributed by atoms with Crippen molar-refractivity contribution in [3.8, 4) is 17.3 Å². The van der Waals surface area contributed by atoms with Crippen LogP contribution in [0.4, 0.5) is 4.39 Å². The fourth-order valence-corrected chi connectivity index (χ4v) is 3.24. The Morgan fingerprint density at radius 2 is 2.21 bits per heavy atom. The Labute approximate surface area is 194 Å². The van der Waals surface area contributed by atoms with Gasteiger partial charge in [0.1, 0.15) is 29.9 Å². The summed E-state index contributed by atoms with van der Waals surface area (Å²) in [6.45, 7) is 3.43. The van der Waals surface area contributed by atoms with Gasteiger partial charge in [0.15, 0.2) is 11.6 Å². The molecule has 34 heavy (non-hydrogen) atoms. The number of aliphatic hydroxyl groups is 1. The Balaban J connectivity index is 1.42. The average Bonchev–Trinajstić information content (AvgIpc) is 3.31. The minimum Gasteiger partial charge on any atom is -0.488 e. The van der Waals surface area contributed by atoms with Crippen LogP contribution in [0.2, 0.25) is 0 Å². The molecule has 1 aliphatic rings. The molecule has 180 valence electrons. The van der Waals surface area contributed by atoms with Gasteiger partial charge in [0.05, 0.1) is 33.0 Å². The molecule has 4 rings (SSSR count). The third-order valence-corrected chi connectivity index (χ3v) is 4.80. The number of rotatable bonds is 9. The van der Waals surface area contributed by atoms with E-state index in [9.17, 15) is 9.18 Å². The van der Waals surface area contributed by atoms with Crippen LogP contribution in [0.25, 0.3) is 11.5 Å². The van der Waals surface area contributed by atoms with E-state index in [1.54, 1.807) is 6.92 Å². The van der Waals surface area contributed by atoms with E-state index in [1.807, 2.05) is 0 Å². The summed E-state index contributed by atoms with van der Waals surface area (Å²) in [6, 6.07) is 5.71. The highest BCUT2D eigenvalue weighted by Gasteiger charge is 2.19. The van der Waals surface area contributed by atoms with Crippen LogP contribution in [0.15, 0.2) is 24.3 Å². The molecule has 1 fully saturated rings. The maximum absolute atomic E-state index is 13.8. The number of aliphatic hydroxyl groups excluding tert-OH is 1. The molecule has 1 saturated heterocycles. The van der Waals surface area contributed by atoms with Crippen molar-refractivity contribution < 1.29 is 28.5 Å². The maximum Gasteiger partial charge on any atom is 0.270 e. The summed E-state index contributed by atoms with van der Waals surface area (Å²) in [5.74, 6) is -0.387. The van der Waals surface area contributed by atoms with E-state index < -0.39 is 11.7 Å². The van der Waals surface area contributed by atoms with Crippen LogP contribution < -0.4 is 10.1 Å². The van der Waals surface area contributed by atoms with Gasteiger partial charge in [-0.15, -0.1) is 10.2 Å². The van der Waals surface area contributed by atoms with Crippen molar-refractivity contribution in [2.45, 2.75) is 26.1 Å².